The average molecular weight is 370 g/mol. The van der Waals surface area contributed by atoms with Gasteiger partial charge in [0.15, 0.2) is 5.69 Å². The summed E-state index contributed by atoms with van der Waals surface area (Å²) in [5.74, 6) is -2.01. The van der Waals surface area contributed by atoms with Crippen LogP contribution in [-0.2, 0) is 11.0 Å². The SMILES string of the molecule is CC(C)CC(NC(=O)c1cn(-c2ccccc2C(F)(F)F)nn1)C(=O)O. The van der Waals surface area contributed by atoms with Gasteiger partial charge >= 0.3 is 12.1 Å². The molecule has 0 aliphatic carbocycles. The smallest absolute Gasteiger partial charge is 0.418 e. The van der Waals surface area contributed by atoms with Crippen molar-refractivity contribution >= 4 is 11.9 Å². The van der Waals surface area contributed by atoms with E-state index in [1.807, 2.05) is 0 Å². The molecule has 140 valence electrons. The first kappa shape index (κ1) is 19.4. The number of halogens is 3. The van der Waals surface area contributed by atoms with Crippen molar-refractivity contribution in [2.75, 3.05) is 0 Å². The van der Waals surface area contributed by atoms with Crippen LogP contribution in [0.15, 0.2) is 30.5 Å². The third-order valence-electron chi connectivity index (χ3n) is 3.49. The lowest BCUT2D eigenvalue weighted by Gasteiger charge is -2.15. The first-order valence-electron chi connectivity index (χ1n) is 7.72. The number of hydrogen-bond donors (Lipinski definition) is 2. The second kappa shape index (κ2) is 7.54. The monoisotopic (exact) mass is 370 g/mol. The summed E-state index contributed by atoms with van der Waals surface area (Å²) in [7, 11) is 0. The van der Waals surface area contributed by atoms with E-state index in [0.717, 1.165) is 16.9 Å². The van der Waals surface area contributed by atoms with Crippen LogP contribution in [0.1, 0.15) is 36.3 Å². The van der Waals surface area contributed by atoms with Crippen molar-refractivity contribution in [3.8, 4) is 5.69 Å². The molecule has 1 atom stereocenters. The van der Waals surface area contributed by atoms with Crippen LogP contribution in [0.4, 0.5) is 13.2 Å². The molecule has 26 heavy (non-hydrogen) atoms. The van der Waals surface area contributed by atoms with E-state index in [1.54, 1.807) is 13.8 Å². The maximum absolute atomic E-state index is 13.1. The molecule has 1 aromatic carbocycles. The molecule has 0 fully saturated rings. The highest BCUT2D eigenvalue weighted by molar-refractivity contribution is 5.94. The van der Waals surface area contributed by atoms with E-state index in [2.05, 4.69) is 15.6 Å². The van der Waals surface area contributed by atoms with E-state index >= 15 is 0 Å². The topological polar surface area (TPSA) is 97.1 Å². The predicted octanol–water partition coefficient (Wildman–Crippen LogP) is 2.52. The molecule has 0 saturated heterocycles. The zero-order valence-corrected chi connectivity index (χ0v) is 14.0. The van der Waals surface area contributed by atoms with Gasteiger partial charge in [-0.1, -0.05) is 31.2 Å². The number of carboxylic acid groups (broad SMARTS) is 1. The third kappa shape index (κ3) is 4.58. The largest absolute Gasteiger partial charge is 0.480 e. The van der Waals surface area contributed by atoms with Crippen molar-refractivity contribution in [1.82, 2.24) is 20.3 Å². The van der Waals surface area contributed by atoms with Gasteiger partial charge in [-0.15, -0.1) is 5.10 Å². The number of amides is 1. The molecule has 0 saturated carbocycles. The minimum atomic E-state index is -4.60. The van der Waals surface area contributed by atoms with E-state index < -0.39 is 29.7 Å². The number of rotatable bonds is 6. The van der Waals surface area contributed by atoms with Crippen molar-refractivity contribution in [3.05, 3.63) is 41.7 Å². The van der Waals surface area contributed by atoms with E-state index in [-0.39, 0.29) is 23.7 Å². The second-order valence-electron chi connectivity index (χ2n) is 6.06. The van der Waals surface area contributed by atoms with Gasteiger partial charge < -0.3 is 10.4 Å². The Balaban J connectivity index is 2.25. The van der Waals surface area contributed by atoms with Crippen LogP contribution in [0.25, 0.3) is 5.69 Å². The summed E-state index contributed by atoms with van der Waals surface area (Å²) in [6, 6.07) is 3.59. The lowest BCUT2D eigenvalue weighted by Crippen LogP contribution is -2.41. The van der Waals surface area contributed by atoms with Gasteiger partial charge in [0.25, 0.3) is 5.91 Å². The summed E-state index contributed by atoms with van der Waals surface area (Å²) in [5, 5.41) is 18.5. The number of aromatic nitrogens is 3. The first-order valence-corrected chi connectivity index (χ1v) is 7.72. The van der Waals surface area contributed by atoms with Gasteiger partial charge in [0.05, 0.1) is 17.4 Å². The van der Waals surface area contributed by atoms with Crippen LogP contribution < -0.4 is 5.32 Å². The van der Waals surface area contributed by atoms with E-state index in [4.69, 9.17) is 5.11 Å². The molecule has 2 aromatic rings. The maximum Gasteiger partial charge on any atom is 0.418 e. The molecular weight excluding hydrogens is 353 g/mol. The van der Waals surface area contributed by atoms with Crippen molar-refractivity contribution in [2.24, 2.45) is 5.92 Å². The van der Waals surface area contributed by atoms with Gasteiger partial charge in [-0.05, 0) is 24.5 Å². The van der Waals surface area contributed by atoms with Gasteiger partial charge in [-0.2, -0.15) is 13.2 Å². The summed E-state index contributed by atoms with van der Waals surface area (Å²) >= 11 is 0. The van der Waals surface area contributed by atoms with Crippen molar-refractivity contribution in [3.63, 3.8) is 0 Å². The molecule has 2 rings (SSSR count). The van der Waals surface area contributed by atoms with Crippen LogP contribution in [0, 0.1) is 5.92 Å². The standard InChI is InChI=1S/C16H17F3N4O3/c1-9(2)7-11(15(25)26)20-14(24)12-8-23(22-21-12)13-6-4-3-5-10(13)16(17,18)19/h3-6,8-9,11H,7H2,1-2H3,(H,20,24)(H,25,26). The van der Waals surface area contributed by atoms with Gasteiger partial charge in [0.2, 0.25) is 0 Å². The van der Waals surface area contributed by atoms with Crippen LogP contribution in [0.2, 0.25) is 0 Å². The summed E-state index contributed by atoms with van der Waals surface area (Å²) < 4.78 is 40.1. The molecule has 1 heterocycles. The predicted molar refractivity (Wildman–Crippen MR) is 84.7 cm³/mol. The molecule has 0 aliphatic heterocycles. The number of para-hydroxylation sites is 1. The number of carbonyl (C=O) groups excluding carboxylic acids is 1. The zero-order valence-electron chi connectivity index (χ0n) is 14.0. The minimum absolute atomic E-state index is 0.0192. The lowest BCUT2D eigenvalue weighted by atomic mass is 10.0. The molecule has 2 N–H and O–H groups in total. The highest BCUT2D eigenvalue weighted by atomic mass is 19.4. The second-order valence-corrected chi connectivity index (χ2v) is 6.06. The number of aliphatic carboxylic acids is 1. The molecule has 0 spiro atoms. The Morgan fingerprint density at radius 2 is 1.92 bits per heavy atom. The summed E-state index contributed by atoms with van der Waals surface area (Å²) in [4.78, 5) is 23.4. The Bertz CT molecular complexity index is 802. The molecule has 0 bridgehead atoms. The Morgan fingerprint density at radius 1 is 1.27 bits per heavy atom. The van der Waals surface area contributed by atoms with Gasteiger partial charge in [-0.25, -0.2) is 9.48 Å². The lowest BCUT2D eigenvalue weighted by molar-refractivity contribution is -0.140. The molecule has 0 radical (unpaired) electrons. The summed E-state index contributed by atoms with van der Waals surface area (Å²) in [5.41, 5.74) is -1.50. The Hall–Kier alpha value is -2.91. The van der Waals surface area contributed by atoms with Crippen LogP contribution in [0.3, 0.4) is 0 Å². The normalized spacial score (nSPS) is 12.8. The summed E-state index contributed by atoms with van der Waals surface area (Å²) in [6.45, 7) is 3.60. The molecule has 10 heteroatoms. The molecule has 1 amide bonds. The maximum atomic E-state index is 13.1. The van der Waals surface area contributed by atoms with Crippen molar-refractivity contribution in [1.29, 1.82) is 0 Å². The number of alkyl halides is 3. The van der Waals surface area contributed by atoms with Crippen molar-refractivity contribution in [2.45, 2.75) is 32.5 Å². The Morgan fingerprint density at radius 3 is 2.50 bits per heavy atom. The van der Waals surface area contributed by atoms with Crippen LogP contribution in [-0.4, -0.2) is 38.0 Å². The number of hydrogen-bond acceptors (Lipinski definition) is 4. The Labute approximate surface area is 146 Å². The number of nitrogens with one attached hydrogen (secondary N) is 1. The number of carboxylic acids is 1. The van der Waals surface area contributed by atoms with Crippen LogP contribution >= 0.6 is 0 Å². The van der Waals surface area contributed by atoms with Gasteiger partial charge in [0, 0.05) is 0 Å². The van der Waals surface area contributed by atoms with Gasteiger partial charge in [0.1, 0.15) is 6.04 Å². The molecule has 1 aromatic heterocycles. The molecule has 0 aliphatic rings. The quantitative estimate of drug-likeness (QED) is 0.814. The summed E-state index contributed by atoms with van der Waals surface area (Å²) in [6.07, 6.45) is -3.38. The molecular formula is C16H17F3N4O3. The zero-order chi connectivity index (χ0) is 19.5. The van der Waals surface area contributed by atoms with E-state index in [0.29, 0.717) is 0 Å². The minimum Gasteiger partial charge on any atom is -0.480 e. The van der Waals surface area contributed by atoms with Crippen LogP contribution in [0.5, 0.6) is 0 Å². The number of nitrogens with zero attached hydrogens (tertiary/aromatic N) is 3. The highest BCUT2D eigenvalue weighted by Crippen LogP contribution is 2.33. The molecule has 7 nitrogen and oxygen atoms in total. The fourth-order valence-electron chi connectivity index (χ4n) is 2.32. The average Bonchev–Trinajstić information content (AvgIpc) is 3.03. The first-order chi connectivity index (χ1) is 12.1. The molecule has 1 unspecified atom stereocenters. The third-order valence-corrected chi connectivity index (χ3v) is 3.49. The Kier molecular flexibility index (Phi) is 5.63. The fourth-order valence-corrected chi connectivity index (χ4v) is 2.32. The number of benzene rings is 1. The van der Waals surface area contributed by atoms with E-state index in [9.17, 15) is 22.8 Å². The number of carbonyl (C=O) groups is 2. The fraction of sp³-hybridized carbons (Fsp3) is 0.375. The van der Waals surface area contributed by atoms with E-state index in [1.165, 1.54) is 18.2 Å². The highest BCUT2D eigenvalue weighted by Gasteiger charge is 2.34. The van der Waals surface area contributed by atoms with Gasteiger partial charge in [-0.3, -0.25) is 4.79 Å². The van der Waals surface area contributed by atoms with Crippen molar-refractivity contribution < 1.29 is 27.9 Å².